The van der Waals surface area contributed by atoms with Crippen LogP contribution in [0.2, 0.25) is 0 Å². The van der Waals surface area contributed by atoms with E-state index in [1.165, 1.54) is 7.11 Å². The first kappa shape index (κ1) is 26.0. The van der Waals surface area contributed by atoms with Crippen LogP contribution < -0.4 is 20.1 Å². The summed E-state index contributed by atoms with van der Waals surface area (Å²) in [5, 5.41) is 3.11. The van der Waals surface area contributed by atoms with Gasteiger partial charge in [0.1, 0.15) is 18.0 Å². The third kappa shape index (κ3) is 6.38. The van der Waals surface area contributed by atoms with Crippen molar-refractivity contribution in [1.82, 2.24) is 24.6 Å². The third-order valence-corrected chi connectivity index (χ3v) is 6.67. The zero-order chi connectivity index (χ0) is 25.7. The molecule has 4 atom stereocenters. The zero-order valence-electron chi connectivity index (χ0n) is 20.7. The van der Waals surface area contributed by atoms with Gasteiger partial charge in [-0.25, -0.2) is 10.1 Å². The van der Waals surface area contributed by atoms with Crippen molar-refractivity contribution < 1.29 is 28.1 Å². The van der Waals surface area contributed by atoms with Crippen molar-refractivity contribution in [2.75, 3.05) is 19.5 Å². The smallest absolute Gasteiger partial charge is 0.323 e. The van der Waals surface area contributed by atoms with Crippen LogP contribution in [-0.2, 0) is 18.8 Å². The number of hydrogen-bond acceptors (Lipinski definition) is 11. The van der Waals surface area contributed by atoms with Crippen LogP contribution in [0.4, 0.5) is 5.95 Å². The number of nitrogens with one attached hydrogen (secondary N) is 1. The van der Waals surface area contributed by atoms with Gasteiger partial charge in [-0.2, -0.15) is 9.97 Å². The van der Waals surface area contributed by atoms with Gasteiger partial charge < -0.3 is 29.0 Å². The number of methoxy groups -OCH3 is 1. The lowest BCUT2D eigenvalue weighted by Gasteiger charge is -2.23. The Labute approximate surface area is 210 Å². The number of rotatable bonds is 11. The van der Waals surface area contributed by atoms with Crippen LogP contribution in [-0.4, -0.2) is 57.5 Å². The molecule has 194 valence electrons. The Morgan fingerprint density at radius 3 is 2.75 bits per heavy atom. The highest BCUT2D eigenvalue weighted by molar-refractivity contribution is 7.45. The molecule has 1 fully saturated rings. The second-order valence-electron chi connectivity index (χ2n) is 8.50. The molecule has 36 heavy (non-hydrogen) atoms. The number of fused-ring (bicyclic) bond motifs is 1. The molecule has 1 aliphatic rings. The van der Waals surface area contributed by atoms with Gasteiger partial charge in [-0.05, 0) is 45.7 Å². The number of esters is 1. The summed E-state index contributed by atoms with van der Waals surface area (Å²) in [6, 6.07) is 8.66. The van der Waals surface area contributed by atoms with E-state index in [1.54, 1.807) is 27.1 Å². The van der Waals surface area contributed by atoms with Gasteiger partial charge in [0, 0.05) is 0 Å². The molecule has 0 amide bonds. The van der Waals surface area contributed by atoms with Crippen molar-refractivity contribution in [2.45, 2.75) is 58.1 Å². The summed E-state index contributed by atoms with van der Waals surface area (Å²) < 4.78 is 30.7. The lowest BCUT2D eigenvalue weighted by molar-refractivity contribution is -0.149. The number of ether oxygens (including phenoxy) is 3. The molecular weight excluding hydrogens is 487 g/mol. The molecule has 13 heteroatoms. The molecule has 12 nitrogen and oxygen atoms in total. The maximum atomic E-state index is 12.3. The molecule has 3 unspecified atom stereocenters. The second-order valence-corrected chi connectivity index (χ2v) is 9.71. The number of benzene rings is 1. The Morgan fingerprint density at radius 1 is 1.25 bits per heavy atom. The monoisotopic (exact) mass is 518 g/mol. The van der Waals surface area contributed by atoms with Crippen LogP contribution in [0.1, 0.15) is 39.8 Å². The Kier molecular flexibility index (Phi) is 8.52. The Balaban J connectivity index is 1.40. The van der Waals surface area contributed by atoms with Crippen LogP contribution in [0, 0.1) is 0 Å². The molecule has 0 saturated carbocycles. The SMILES string of the molecule is COc1nc(N)nc2c1ncn2C1CCC(COP(N[C@@H](C)C(=O)OC(C)C)Oc2ccccc2)O1. The van der Waals surface area contributed by atoms with E-state index >= 15 is 0 Å². The van der Waals surface area contributed by atoms with Gasteiger partial charge in [0.25, 0.3) is 0 Å². The summed E-state index contributed by atoms with van der Waals surface area (Å²) in [6.45, 7) is 5.59. The number of carbonyl (C=O) groups is 1. The van der Waals surface area contributed by atoms with Crippen molar-refractivity contribution in [1.29, 1.82) is 0 Å². The first-order chi connectivity index (χ1) is 17.3. The van der Waals surface area contributed by atoms with Crippen molar-refractivity contribution in [3.05, 3.63) is 36.7 Å². The molecule has 3 N–H and O–H groups in total. The largest absolute Gasteiger partial charge is 0.479 e. The van der Waals surface area contributed by atoms with Crippen molar-refractivity contribution in [3.63, 3.8) is 0 Å². The number of nitrogens with two attached hydrogens (primary N) is 1. The van der Waals surface area contributed by atoms with E-state index in [2.05, 4.69) is 20.0 Å². The molecule has 0 bridgehead atoms. The summed E-state index contributed by atoms with van der Waals surface area (Å²) in [5.41, 5.74) is 6.89. The fourth-order valence-electron chi connectivity index (χ4n) is 3.64. The second kappa shape index (κ2) is 11.8. The van der Waals surface area contributed by atoms with Crippen LogP contribution in [0.25, 0.3) is 11.2 Å². The fourth-order valence-corrected chi connectivity index (χ4v) is 4.85. The van der Waals surface area contributed by atoms with E-state index < -0.39 is 14.6 Å². The van der Waals surface area contributed by atoms with E-state index in [1.807, 2.05) is 34.9 Å². The minimum Gasteiger partial charge on any atom is -0.479 e. The number of aromatic nitrogens is 4. The molecule has 2 aromatic heterocycles. The highest BCUT2D eigenvalue weighted by Crippen LogP contribution is 2.39. The maximum absolute atomic E-state index is 12.3. The van der Waals surface area contributed by atoms with E-state index in [4.69, 9.17) is 29.0 Å². The molecular formula is C23H31N6O6P. The van der Waals surface area contributed by atoms with Crippen molar-refractivity contribution in [3.8, 4) is 11.6 Å². The van der Waals surface area contributed by atoms with Crippen molar-refractivity contribution >= 4 is 31.6 Å². The maximum Gasteiger partial charge on any atom is 0.323 e. The minimum absolute atomic E-state index is 0.0962. The zero-order valence-corrected chi connectivity index (χ0v) is 21.6. The Hall–Kier alpha value is -3.05. The lowest BCUT2D eigenvalue weighted by atomic mass is 10.2. The molecule has 1 aromatic carbocycles. The number of para-hydroxylation sites is 1. The van der Waals surface area contributed by atoms with Crippen molar-refractivity contribution in [2.24, 2.45) is 0 Å². The van der Waals surface area contributed by atoms with Crippen LogP contribution in [0.5, 0.6) is 11.6 Å². The van der Waals surface area contributed by atoms with Gasteiger partial charge in [-0.1, -0.05) is 18.2 Å². The average Bonchev–Trinajstić information content (AvgIpc) is 3.49. The van der Waals surface area contributed by atoms with Gasteiger partial charge in [-0.15, -0.1) is 0 Å². The van der Waals surface area contributed by atoms with Crippen LogP contribution >= 0.6 is 8.53 Å². The third-order valence-electron chi connectivity index (χ3n) is 5.31. The molecule has 0 radical (unpaired) electrons. The first-order valence-corrected chi connectivity index (χ1v) is 12.8. The summed E-state index contributed by atoms with van der Waals surface area (Å²) in [7, 11) is -0.145. The Bertz CT molecular complexity index is 1160. The van der Waals surface area contributed by atoms with Gasteiger partial charge in [0.15, 0.2) is 11.2 Å². The molecule has 3 heterocycles. The van der Waals surface area contributed by atoms with Gasteiger partial charge >= 0.3 is 14.5 Å². The summed E-state index contributed by atoms with van der Waals surface area (Å²) in [6.07, 6.45) is 2.42. The van der Waals surface area contributed by atoms with Crippen LogP contribution in [0.15, 0.2) is 36.7 Å². The van der Waals surface area contributed by atoms with E-state index in [0.717, 1.165) is 12.8 Å². The number of anilines is 1. The van der Waals surface area contributed by atoms with Gasteiger partial charge in [0.05, 0.1) is 32.3 Å². The predicted octanol–water partition coefficient (Wildman–Crippen LogP) is 3.35. The molecule has 1 aliphatic heterocycles. The molecule has 0 aliphatic carbocycles. The number of nitrogen functional groups attached to an aromatic ring is 1. The molecule has 1 saturated heterocycles. The highest BCUT2D eigenvalue weighted by Gasteiger charge is 2.31. The van der Waals surface area contributed by atoms with E-state index in [-0.39, 0.29) is 37.0 Å². The minimum atomic E-state index is -1.65. The molecule has 4 rings (SSSR count). The molecule has 3 aromatic rings. The topological polar surface area (TPSA) is 145 Å². The highest BCUT2D eigenvalue weighted by atomic mass is 31.2. The average molecular weight is 519 g/mol. The summed E-state index contributed by atoms with van der Waals surface area (Å²) in [4.78, 5) is 25.0. The Morgan fingerprint density at radius 2 is 2.03 bits per heavy atom. The summed E-state index contributed by atoms with van der Waals surface area (Å²) >= 11 is 0. The lowest BCUT2D eigenvalue weighted by Crippen LogP contribution is -2.35. The number of carbonyl (C=O) groups excluding carboxylic acids is 1. The van der Waals surface area contributed by atoms with E-state index in [9.17, 15) is 4.79 Å². The number of imidazole rings is 1. The van der Waals surface area contributed by atoms with Crippen LogP contribution in [0.3, 0.4) is 0 Å². The quantitative estimate of drug-likeness (QED) is 0.285. The van der Waals surface area contributed by atoms with Gasteiger partial charge in [0.2, 0.25) is 11.8 Å². The van der Waals surface area contributed by atoms with E-state index in [0.29, 0.717) is 22.8 Å². The predicted molar refractivity (Wildman–Crippen MR) is 133 cm³/mol. The molecule has 0 spiro atoms. The summed E-state index contributed by atoms with van der Waals surface area (Å²) in [5.74, 6) is 0.661. The first-order valence-electron chi connectivity index (χ1n) is 11.7. The normalized spacial score (nSPS) is 19.4. The van der Waals surface area contributed by atoms with Gasteiger partial charge in [-0.3, -0.25) is 9.36 Å². The standard InChI is InChI=1S/C23H31N6O6P/c1-14(2)33-22(30)15(3)28-36(35-16-8-6-5-7-9-16)32-12-17-10-11-18(34-17)29-13-25-19-20(29)26-23(24)27-21(19)31-4/h5-9,13-15,17-18,28H,10-12H2,1-4H3,(H2,24,26,27)/t15-,17?,18?,36?/m0/s1. The fraction of sp³-hybridized carbons (Fsp3) is 0.478. The number of nitrogens with zero attached hydrogens (tertiary/aromatic N) is 4. The number of hydrogen-bond donors (Lipinski definition) is 2.